The number of methoxy groups -OCH3 is 1. The smallest absolute Gasteiger partial charge is 0.0503 e. The summed E-state index contributed by atoms with van der Waals surface area (Å²) in [6, 6.07) is 1.43. The molecule has 1 saturated carbocycles. The van der Waals surface area contributed by atoms with Crippen LogP contribution in [0, 0.1) is 11.3 Å². The van der Waals surface area contributed by atoms with Crippen LogP contribution in [0.2, 0.25) is 0 Å². The van der Waals surface area contributed by atoms with Crippen LogP contribution in [0.25, 0.3) is 0 Å². The fraction of sp³-hybridized carbons (Fsp3) is 1.00. The molecule has 3 unspecified atom stereocenters. The third-order valence-electron chi connectivity index (χ3n) is 5.20. The van der Waals surface area contributed by atoms with Crippen LogP contribution in [0.3, 0.4) is 0 Å². The van der Waals surface area contributed by atoms with Crippen LogP contribution in [0.15, 0.2) is 0 Å². The van der Waals surface area contributed by atoms with Gasteiger partial charge in [-0.15, -0.1) is 0 Å². The Morgan fingerprint density at radius 3 is 2.80 bits per heavy atom. The molecule has 118 valence electrons. The van der Waals surface area contributed by atoms with Crippen LogP contribution in [-0.4, -0.2) is 50.3 Å². The molecule has 2 rings (SSSR count). The molecule has 0 radical (unpaired) electrons. The molecule has 2 fully saturated rings. The van der Waals surface area contributed by atoms with Crippen molar-refractivity contribution in [2.45, 2.75) is 65.0 Å². The molecular formula is C17H34N2O. The molecule has 3 nitrogen and oxygen atoms in total. The van der Waals surface area contributed by atoms with Crippen LogP contribution in [0.4, 0.5) is 0 Å². The van der Waals surface area contributed by atoms with Gasteiger partial charge in [-0.1, -0.05) is 20.8 Å². The van der Waals surface area contributed by atoms with E-state index in [2.05, 4.69) is 31.0 Å². The lowest BCUT2D eigenvalue weighted by Gasteiger charge is -2.45. The van der Waals surface area contributed by atoms with Gasteiger partial charge in [0.15, 0.2) is 0 Å². The highest BCUT2D eigenvalue weighted by Gasteiger charge is 2.39. The summed E-state index contributed by atoms with van der Waals surface area (Å²) < 4.78 is 5.35. The first-order valence-electron chi connectivity index (χ1n) is 8.52. The highest BCUT2D eigenvalue weighted by atomic mass is 16.5. The molecule has 1 aliphatic carbocycles. The predicted octanol–water partition coefficient (Wildman–Crippen LogP) is 2.90. The Kier molecular flexibility index (Phi) is 5.88. The van der Waals surface area contributed by atoms with Gasteiger partial charge < -0.3 is 10.1 Å². The maximum absolute atomic E-state index is 5.35. The standard InChI is InChI=1S/C17H34N2O/c1-5-9-18-15-6-8-17(2,3)11-16(15)19-10-7-14(12-19)13-20-4/h14-16,18H,5-13H2,1-4H3. The van der Waals surface area contributed by atoms with E-state index in [0.717, 1.165) is 25.1 Å². The summed E-state index contributed by atoms with van der Waals surface area (Å²) in [5.74, 6) is 0.747. The highest BCUT2D eigenvalue weighted by Crippen LogP contribution is 2.39. The van der Waals surface area contributed by atoms with E-state index in [4.69, 9.17) is 4.74 Å². The quantitative estimate of drug-likeness (QED) is 0.811. The van der Waals surface area contributed by atoms with Crippen LogP contribution < -0.4 is 5.32 Å². The van der Waals surface area contributed by atoms with E-state index in [9.17, 15) is 0 Å². The minimum absolute atomic E-state index is 0.508. The molecule has 3 atom stereocenters. The molecule has 0 aromatic heterocycles. The maximum Gasteiger partial charge on any atom is 0.0503 e. The van der Waals surface area contributed by atoms with Crippen LogP contribution >= 0.6 is 0 Å². The Morgan fingerprint density at radius 2 is 2.10 bits per heavy atom. The third-order valence-corrected chi connectivity index (χ3v) is 5.20. The van der Waals surface area contributed by atoms with Gasteiger partial charge in [0.25, 0.3) is 0 Å². The number of nitrogens with one attached hydrogen (secondary N) is 1. The first kappa shape index (κ1) is 16.3. The normalized spacial score (nSPS) is 34.5. The molecule has 3 heteroatoms. The van der Waals surface area contributed by atoms with Gasteiger partial charge in [0.2, 0.25) is 0 Å². The zero-order valence-corrected chi connectivity index (χ0v) is 14.0. The van der Waals surface area contributed by atoms with E-state index in [-0.39, 0.29) is 0 Å². The lowest BCUT2D eigenvalue weighted by atomic mass is 9.72. The van der Waals surface area contributed by atoms with Crippen molar-refractivity contribution < 1.29 is 4.74 Å². The second-order valence-electron chi connectivity index (χ2n) is 7.64. The third kappa shape index (κ3) is 4.19. The van der Waals surface area contributed by atoms with Gasteiger partial charge in [-0.3, -0.25) is 4.90 Å². The van der Waals surface area contributed by atoms with Crippen molar-refractivity contribution in [3.05, 3.63) is 0 Å². The summed E-state index contributed by atoms with van der Waals surface area (Å²) in [6.45, 7) is 11.7. The number of likely N-dealkylation sites (tertiary alicyclic amines) is 1. The number of nitrogens with zero attached hydrogens (tertiary/aromatic N) is 1. The van der Waals surface area contributed by atoms with Gasteiger partial charge in [-0.25, -0.2) is 0 Å². The van der Waals surface area contributed by atoms with E-state index in [1.807, 2.05) is 7.11 Å². The van der Waals surface area contributed by atoms with Crippen LogP contribution in [0.1, 0.15) is 52.9 Å². The average Bonchev–Trinajstić information content (AvgIpc) is 2.85. The second-order valence-corrected chi connectivity index (χ2v) is 7.64. The van der Waals surface area contributed by atoms with E-state index < -0.39 is 0 Å². The molecule has 0 spiro atoms. The van der Waals surface area contributed by atoms with Crippen molar-refractivity contribution in [2.24, 2.45) is 11.3 Å². The summed E-state index contributed by atoms with van der Waals surface area (Å²) in [6.07, 6.45) is 6.58. The van der Waals surface area contributed by atoms with E-state index in [1.165, 1.54) is 45.2 Å². The second kappa shape index (κ2) is 7.24. The monoisotopic (exact) mass is 282 g/mol. The van der Waals surface area contributed by atoms with Gasteiger partial charge >= 0.3 is 0 Å². The molecule has 1 heterocycles. The summed E-state index contributed by atoms with van der Waals surface area (Å²) in [7, 11) is 1.83. The Bertz CT molecular complexity index is 293. The molecule has 2 aliphatic rings. The number of ether oxygens (including phenoxy) is 1. The summed E-state index contributed by atoms with van der Waals surface area (Å²) in [5, 5.41) is 3.81. The lowest BCUT2D eigenvalue weighted by molar-refractivity contribution is 0.0732. The van der Waals surface area contributed by atoms with Gasteiger partial charge in [0.1, 0.15) is 0 Å². The maximum atomic E-state index is 5.35. The van der Waals surface area contributed by atoms with Crippen molar-refractivity contribution in [1.29, 1.82) is 0 Å². The summed E-state index contributed by atoms with van der Waals surface area (Å²) in [5.41, 5.74) is 0.508. The van der Waals surface area contributed by atoms with Gasteiger partial charge in [0.05, 0.1) is 6.61 Å². The zero-order chi connectivity index (χ0) is 14.6. The van der Waals surface area contributed by atoms with Gasteiger partial charge in [-0.05, 0) is 56.5 Å². The minimum Gasteiger partial charge on any atom is -0.384 e. The van der Waals surface area contributed by atoms with E-state index in [1.54, 1.807) is 0 Å². The molecule has 1 aliphatic heterocycles. The lowest BCUT2D eigenvalue weighted by Crippen LogP contribution is -2.54. The van der Waals surface area contributed by atoms with Crippen molar-refractivity contribution in [3.63, 3.8) is 0 Å². The Hall–Kier alpha value is -0.120. The number of hydrogen-bond donors (Lipinski definition) is 1. The average molecular weight is 282 g/mol. The molecule has 0 amide bonds. The summed E-state index contributed by atoms with van der Waals surface area (Å²) in [4.78, 5) is 2.75. The topological polar surface area (TPSA) is 24.5 Å². The van der Waals surface area contributed by atoms with Crippen molar-refractivity contribution >= 4 is 0 Å². The van der Waals surface area contributed by atoms with Crippen molar-refractivity contribution in [3.8, 4) is 0 Å². The highest BCUT2D eigenvalue weighted by molar-refractivity contribution is 4.96. The van der Waals surface area contributed by atoms with Gasteiger partial charge in [-0.2, -0.15) is 0 Å². The Morgan fingerprint density at radius 1 is 1.30 bits per heavy atom. The first-order chi connectivity index (χ1) is 9.55. The largest absolute Gasteiger partial charge is 0.384 e. The minimum atomic E-state index is 0.508. The fourth-order valence-corrected chi connectivity index (χ4v) is 4.04. The number of hydrogen-bond acceptors (Lipinski definition) is 3. The van der Waals surface area contributed by atoms with Crippen LogP contribution in [-0.2, 0) is 4.74 Å². The van der Waals surface area contributed by atoms with Gasteiger partial charge in [0, 0.05) is 25.7 Å². The molecule has 0 aromatic rings. The zero-order valence-electron chi connectivity index (χ0n) is 14.0. The number of rotatable bonds is 6. The fourth-order valence-electron chi connectivity index (χ4n) is 4.04. The van der Waals surface area contributed by atoms with E-state index in [0.29, 0.717) is 11.5 Å². The Balaban J connectivity index is 1.96. The van der Waals surface area contributed by atoms with Crippen LogP contribution in [0.5, 0.6) is 0 Å². The van der Waals surface area contributed by atoms with Crippen molar-refractivity contribution in [2.75, 3.05) is 33.4 Å². The van der Waals surface area contributed by atoms with E-state index >= 15 is 0 Å². The Labute approximate surface area is 125 Å². The molecule has 0 aromatic carbocycles. The summed E-state index contributed by atoms with van der Waals surface area (Å²) >= 11 is 0. The SMILES string of the molecule is CCCNC1CCC(C)(C)CC1N1CCC(COC)C1. The van der Waals surface area contributed by atoms with Crippen molar-refractivity contribution in [1.82, 2.24) is 10.2 Å². The molecule has 1 N–H and O–H groups in total. The predicted molar refractivity (Wildman–Crippen MR) is 85.1 cm³/mol. The molecule has 0 bridgehead atoms. The first-order valence-corrected chi connectivity index (χ1v) is 8.52. The molecule has 1 saturated heterocycles. The molecule has 20 heavy (non-hydrogen) atoms. The molecular weight excluding hydrogens is 248 g/mol.